The van der Waals surface area contributed by atoms with E-state index in [0.29, 0.717) is 6.42 Å². The number of unbranched alkanes of at least 4 members (excludes halogenated alkanes) is 1. The third-order valence-corrected chi connectivity index (χ3v) is 2.78. The Bertz CT molecular complexity index is 438. The van der Waals surface area contributed by atoms with Crippen LogP contribution in [0, 0.1) is 11.6 Å². The summed E-state index contributed by atoms with van der Waals surface area (Å²) < 4.78 is 31.8. The smallest absolute Gasteiger partial charge is 0.344 e. The van der Waals surface area contributed by atoms with E-state index in [2.05, 4.69) is 15.9 Å². The zero-order valence-corrected chi connectivity index (χ0v) is 11.3. The summed E-state index contributed by atoms with van der Waals surface area (Å²) in [5.41, 5.74) is 0. The third kappa shape index (κ3) is 3.94. The Morgan fingerprint density at radius 1 is 1.50 bits per heavy atom. The van der Waals surface area contributed by atoms with Gasteiger partial charge in [-0.2, -0.15) is 4.39 Å². The number of rotatable bonds is 6. The summed E-state index contributed by atoms with van der Waals surface area (Å²) in [5, 5.41) is 8.94. The predicted octanol–water partition coefficient (Wildman–Crippen LogP) is 3.75. The summed E-state index contributed by atoms with van der Waals surface area (Å²) in [5.74, 6) is -3.85. The zero-order chi connectivity index (χ0) is 13.7. The van der Waals surface area contributed by atoms with Crippen LogP contribution in [0.2, 0.25) is 0 Å². The minimum atomic E-state index is -1.19. The Balaban J connectivity index is 2.89. The molecule has 0 saturated heterocycles. The minimum Gasteiger partial charge on any atom is -0.479 e. The fourth-order valence-electron chi connectivity index (χ4n) is 1.39. The minimum absolute atomic E-state index is 0.249. The number of hydrogen-bond donors (Lipinski definition) is 1. The fraction of sp³-hybridized carbons (Fsp3) is 0.417. The maximum absolute atomic E-state index is 13.4. The first-order valence-electron chi connectivity index (χ1n) is 5.49. The topological polar surface area (TPSA) is 46.5 Å². The molecule has 0 saturated carbocycles. The molecule has 0 aliphatic carbocycles. The van der Waals surface area contributed by atoms with E-state index in [1.165, 1.54) is 6.07 Å². The van der Waals surface area contributed by atoms with Crippen LogP contribution in [0.3, 0.4) is 0 Å². The van der Waals surface area contributed by atoms with Crippen LogP contribution in [-0.2, 0) is 4.79 Å². The first-order valence-corrected chi connectivity index (χ1v) is 6.29. The van der Waals surface area contributed by atoms with Crippen molar-refractivity contribution in [2.45, 2.75) is 32.3 Å². The maximum atomic E-state index is 13.4. The highest BCUT2D eigenvalue weighted by atomic mass is 79.9. The maximum Gasteiger partial charge on any atom is 0.344 e. The van der Waals surface area contributed by atoms with Crippen molar-refractivity contribution in [3.8, 4) is 5.75 Å². The number of benzene rings is 1. The van der Waals surface area contributed by atoms with Crippen molar-refractivity contribution in [2.75, 3.05) is 0 Å². The molecule has 1 aromatic rings. The molecule has 0 fully saturated rings. The average molecular weight is 323 g/mol. The van der Waals surface area contributed by atoms with Gasteiger partial charge in [0.05, 0.1) is 0 Å². The van der Waals surface area contributed by atoms with Crippen LogP contribution in [0.4, 0.5) is 8.78 Å². The Kier molecular flexibility index (Phi) is 5.53. The molecule has 18 heavy (non-hydrogen) atoms. The molecular formula is C12H13BrF2O3. The van der Waals surface area contributed by atoms with Crippen LogP contribution in [0.1, 0.15) is 26.2 Å². The highest BCUT2D eigenvalue weighted by Crippen LogP contribution is 2.26. The molecule has 0 bridgehead atoms. The normalized spacial score (nSPS) is 12.2. The molecular weight excluding hydrogens is 310 g/mol. The first kappa shape index (κ1) is 14.9. The van der Waals surface area contributed by atoms with Crippen molar-refractivity contribution in [3.05, 3.63) is 28.2 Å². The quantitative estimate of drug-likeness (QED) is 0.811. The molecule has 0 aliphatic heterocycles. The highest BCUT2D eigenvalue weighted by molar-refractivity contribution is 9.10. The van der Waals surface area contributed by atoms with Gasteiger partial charge in [-0.1, -0.05) is 29.3 Å². The van der Waals surface area contributed by atoms with Gasteiger partial charge in [0, 0.05) is 4.47 Å². The lowest BCUT2D eigenvalue weighted by molar-refractivity contribution is -0.145. The van der Waals surface area contributed by atoms with Crippen LogP contribution in [-0.4, -0.2) is 17.2 Å². The molecule has 0 aliphatic rings. The Morgan fingerprint density at radius 2 is 2.17 bits per heavy atom. The van der Waals surface area contributed by atoms with E-state index in [0.717, 1.165) is 12.5 Å². The van der Waals surface area contributed by atoms with Crippen molar-refractivity contribution in [2.24, 2.45) is 0 Å². The van der Waals surface area contributed by atoms with E-state index < -0.39 is 29.5 Å². The van der Waals surface area contributed by atoms with Crippen LogP contribution >= 0.6 is 15.9 Å². The second-order valence-electron chi connectivity index (χ2n) is 3.79. The van der Waals surface area contributed by atoms with Crippen molar-refractivity contribution in [1.29, 1.82) is 0 Å². The zero-order valence-electron chi connectivity index (χ0n) is 9.75. The Labute approximate surface area is 112 Å². The molecule has 1 aromatic carbocycles. The summed E-state index contributed by atoms with van der Waals surface area (Å²) in [7, 11) is 0. The lowest BCUT2D eigenvalue weighted by Crippen LogP contribution is -2.27. The predicted molar refractivity (Wildman–Crippen MR) is 65.6 cm³/mol. The van der Waals surface area contributed by atoms with E-state index in [-0.39, 0.29) is 10.9 Å². The van der Waals surface area contributed by atoms with E-state index in [1.54, 1.807) is 0 Å². The molecule has 3 nitrogen and oxygen atoms in total. The van der Waals surface area contributed by atoms with Crippen LogP contribution in [0.25, 0.3) is 0 Å². The monoisotopic (exact) mass is 322 g/mol. The van der Waals surface area contributed by atoms with Gasteiger partial charge in [-0.3, -0.25) is 0 Å². The Hall–Kier alpha value is -1.17. The van der Waals surface area contributed by atoms with Crippen LogP contribution in [0.15, 0.2) is 16.6 Å². The second kappa shape index (κ2) is 6.68. The van der Waals surface area contributed by atoms with Crippen molar-refractivity contribution < 1.29 is 23.4 Å². The third-order valence-electron chi connectivity index (χ3n) is 2.32. The molecule has 1 atom stereocenters. The van der Waals surface area contributed by atoms with Gasteiger partial charge < -0.3 is 9.84 Å². The van der Waals surface area contributed by atoms with Gasteiger partial charge in [0.15, 0.2) is 17.7 Å². The summed E-state index contributed by atoms with van der Waals surface area (Å²) in [6.45, 7) is 1.90. The van der Waals surface area contributed by atoms with E-state index in [1.807, 2.05) is 6.92 Å². The molecule has 0 aromatic heterocycles. The molecule has 0 amide bonds. The van der Waals surface area contributed by atoms with Gasteiger partial charge in [0.25, 0.3) is 0 Å². The summed E-state index contributed by atoms with van der Waals surface area (Å²) in [6.07, 6.45) is 0.505. The second-order valence-corrected chi connectivity index (χ2v) is 4.70. The number of carbonyl (C=O) groups is 1. The molecule has 1 rings (SSSR count). The standard InChI is InChI=1S/C12H13BrF2O3/c1-2-3-4-9(12(16)17)18-10-6-7(13)5-8(14)11(10)15/h5-6,9H,2-4H2,1H3,(H,16,17). The van der Waals surface area contributed by atoms with E-state index >= 15 is 0 Å². The van der Waals surface area contributed by atoms with Gasteiger partial charge in [0.2, 0.25) is 5.82 Å². The van der Waals surface area contributed by atoms with Gasteiger partial charge in [-0.15, -0.1) is 0 Å². The number of hydrogen-bond acceptors (Lipinski definition) is 2. The number of carboxylic acids is 1. The van der Waals surface area contributed by atoms with Gasteiger partial charge in [-0.05, 0) is 25.0 Å². The van der Waals surface area contributed by atoms with Crippen LogP contribution < -0.4 is 4.74 Å². The summed E-state index contributed by atoms with van der Waals surface area (Å²) in [6, 6.07) is 2.16. The largest absolute Gasteiger partial charge is 0.479 e. The van der Waals surface area contributed by atoms with Gasteiger partial charge in [-0.25, -0.2) is 9.18 Å². The summed E-state index contributed by atoms with van der Waals surface area (Å²) in [4.78, 5) is 10.9. The molecule has 1 N–H and O–H groups in total. The van der Waals surface area contributed by atoms with Crippen molar-refractivity contribution in [1.82, 2.24) is 0 Å². The Morgan fingerprint density at radius 3 is 2.72 bits per heavy atom. The lowest BCUT2D eigenvalue weighted by Gasteiger charge is -2.15. The van der Waals surface area contributed by atoms with Crippen LogP contribution in [0.5, 0.6) is 5.75 Å². The molecule has 0 heterocycles. The highest BCUT2D eigenvalue weighted by Gasteiger charge is 2.22. The van der Waals surface area contributed by atoms with Crippen molar-refractivity contribution >= 4 is 21.9 Å². The van der Waals surface area contributed by atoms with Crippen molar-refractivity contribution in [3.63, 3.8) is 0 Å². The van der Waals surface area contributed by atoms with Gasteiger partial charge in [0.1, 0.15) is 0 Å². The SMILES string of the molecule is CCCCC(Oc1cc(Br)cc(F)c1F)C(=O)O. The fourth-order valence-corrected chi connectivity index (χ4v) is 1.80. The molecule has 6 heteroatoms. The lowest BCUT2D eigenvalue weighted by atomic mass is 10.1. The summed E-state index contributed by atoms with van der Waals surface area (Å²) >= 11 is 2.99. The van der Waals surface area contributed by atoms with Gasteiger partial charge >= 0.3 is 5.97 Å². The number of ether oxygens (including phenoxy) is 1. The number of aliphatic carboxylic acids is 1. The average Bonchev–Trinajstić information content (AvgIpc) is 2.29. The number of halogens is 3. The molecule has 1 unspecified atom stereocenters. The first-order chi connectivity index (χ1) is 8.45. The van der Waals surface area contributed by atoms with E-state index in [9.17, 15) is 13.6 Å². The van der Waals surface area contributed by atoms with E-state index in [4.69, 9.17) is 9.84 Å². The molecule has 100 valence electrons. The molecule has 0 spiro atoms. The molecule has 0 radical (unpaired) electrons. The number of carboxylic acid groups (broad SMARTS) is 1.